The lowest BCUT2D eigenvalue weighted by atomic mass is 10.0. The normalized spacial score (nSPS) is 15.5. The highest BCUT2D eigenvalue weighted by molar-refractivity contribution is 7.98. The number of hydrogen-bond acceptors (Lipinski definition) is 21. The van der Waals surface area contributed by atoms with Crippen LogP contribution in [0.15, 0.2) is 43.0 Å². The molecular formula is C71H110N22O18S. The number of para-hydroxylation sites is 1. The van der Waals surface area contributed by atoms with Gasteiger partial charge in [0.1, 0.15) is 72.5 Å². The summed E-state index contributed by atoms with van der Waals surface area (Å²) in [5.74, 6) is -16.5. The van der Waals surface area contributed by atoms with E-state index in [1.165, 1.54) is 31.2 Å². The Morgan fingerprint density at radius 2 is 1.02 bits per heavy atom. The maximum atomic E-state index is 14.6. The number of H-pyrrole nitrogens is 2. The van der Waals surface area contributed by atoms with E-state index >= 15 is 0 Å². The van der Waals surface area contributed by atoms with Crippen LogP contribution in [-0.4, -0.2) is 225 Å². The van der Waals surface area contributed by atoms with Gasteiger partial charge in [-0.25, -0.2) is 4.98 Å². The van der Waals surface area contributed by atoms with Gasteiger partial charge in [0.25, 0.3) is 0 Å². The van der Waals surface area contributed by atoms with Gasteiger partial charge in [0.05, 0.1) is 25.8 Å². The number of hydrogen-bond donors (Lipinski definition) is 21. The molecule has 0 aliphatic carbocycles. The molecule has 0 saturated carbocycles. The van der Waals surface area contributed by atoms with Gasteiger partial charge in [0.2, 0.25) is 106 Å². The lowest BCUT2D eigenvalue weighted by Gasteiger charge is -2.27. The molecule has 112 heavy (non-hydrogen) atoms. The van der Waals surface area contributed by atoms with Crippen LogP contribution in [0, 0.1) is 17.8 Å². The number of unbranched alkanes of at least 4 members (excludes halogenated alkanes) is 1. The average molecular weight is 1590 g/mol. The van der Waals surface area contributed by atoms with E-state index in [2.05, 4.69) is 89.4 Å². The second-order valence-corrected chi connectivity index (χ2v) is 29.5. The first-order valence-corrected chi connectivity index (χ1v) is 38.3. The quantitative estimate of drug-likeness (QED) is 0.0234. The second kappa shape index (κ2) is 47.1. The number of amides is 18. The third kappa shape index (κ3) is 32.7. The number of imidazole rings is 1. The van der Waals surface area contributed by atoms with Crippen molar-refractivity contribution in [2.75, 3.05) is 31.6 Å². The van der Waals surface area contributed by atoms with Crippen molar-refractivity contribution >= 4 is 129 Å². The molecule has 40 nitrogen and oxygen atoms in total. The Kier molecular flexibility index (Phi) is 39.1. The monoisotopic (exact) mass is 1590 g/mol. The Balaban J connectivity index is 1.50. The number of primary amides is 4. The summed E-state index contributed by atoms with van der Waals surface area (Å²) in [5.41, 5.74) is 29.2. The number of nitrogens with one attached hydrogen (secondary N) is 16. The lowest BCUT2D eigenvalue weighted by molar-refractivity contribution is -0.136. The molecule has 1 saturated heterocycles. The topological polar surface area (TPSA) is 650 Å². The van der Waals surface area contributed by atoms with Crippen LogP contribution in [0.1, 0.15) is 143 Å². The van der Waals surface area contributed by atoms with Crippen molar-refractivity contribution in [3.63, 3.8) is 0 Å². The molecule has 1 aliphatic heterocycles. The van der Waals surface area contributed by atoms with Gasteiger partial charge in [-0.3, -0.25) is 86.3 Å². The Morgan fingerprint density at radius 1 is 0.518 bits per heavy atom. The Bertz CT molecular complexity index is 3800. The van der Waals surface area contributed by atoms with Crippen LogP contribution in [0.5, 0.6) is 0 Å². The van der Waals surface area contributed by atoms with E-state index in [0.29, 0.717) is 40.8 Å². The summed E-state index contributed by atoms with van der Waals surface area (Å²) in [5, 5.41) is 35.8. The zero-order chi connectivity index (χ0) is 83.5. The van der Waals surface area contributed by atoms with Gasteiger partial charge in [-0.2, -0.15) is 11.8 Å². The number of carbonyl (C=O) groups is 18. The van der Waals surface area contributed by atoms with Crippen molar-refractivity contribution in [2.45, 2.75) is 217 Å². The zero-order valence-corrected chi connectivity index (χ0v) is 65.0. The minimum atomic E-state index is -1.87. The van der Waals surface area contributed by atoms with Crippen molar-refractivity contribution in [1.82, 2.24) is 89.4 Å². The molecule has 0 radical (unpaired) electrons. The van der Waals surface area contributed by atoms with Crippen molar-refractivity contribution in [3.8, 4) is 0 Å². The fraction of sp³-hybridized carbons (Fsp3) is 0.592. The Hall–Kier alpha value is -11.3. The number of carbonyl (C=O) groups excluding carboxylic acids is 18. The zero-order valence-electron chi connectivity index (χ0n) is 64.2. The summed E-state index contributed by atoms with van der Waals surface area (Å²) in [6.45, 7) is 10.1. The number of fused-ring (bicyclic) bond motifs is 1. The lowest BCUT2D eigenvalue weighted by Crippen LogP contribution is -2.60. The highest BCUT2D eigenvalue weighted by atomic mass is 32.2. The van der Waals surface area contributed by atoms with E-state index < -0.39 is 211 Å². The maximum absolute atomic E-state index is 14.6. The molecule has 1 aromatic carbocycles. The minimum Gasteiger partial charge on any atom is -0.370 e. The molecule has 3 heterocycles. The van der Waals surface area contributed by atoms with Gasteiger partial charge >= 0.3 is 0 Å². The fourth-order valence-electron chi connectivity index (χ4n) is 11.7. The van der Waals surface area contributed by atoms with Crippen molar-refractivity contribution in [2.24, 2.45) is 46.4 Å². The van der Waals surface area contributed by atoms with E-state index in [1.807, 2.05) is 20.1 Å². The molecule has 618 valence electrons. The second-order valence-electron chi connectivity index (χ2n) is 28.5. The third-order valence-electron chi connectivity index (χ3n) is 17.7. The van der Waals surface area contributed by atoms with Gasteiger partial charge in [0, 0.05) is 61.1 Å². The first-order valence-electron chi connectivity index (χ1n) is 36.9. The summed E-state index contributed by atoms with van der Waals surface area (Å²) < 4.78 is 0. The molecule has 41 heteroatoms. The van der Waals surface area contributed by atoms with Gasteiger partial charge in [0.15, 0.2) is 0 Å². The molecule has 4 rings (SSSR count). The number of rotatable bonds is 51. The first kappa shape index (κ1) is 93.1. The highest BCUT2D eigenvalue weighted by Crippen LogP contribution is 2.21. The molecule has 1 aliphatic rings. The molecule has 12 atom stereocenters. The van der Waals surface area contributed by atoms with E-state index in [9.17, 15) is 86.3 Å². The van der Waals surface area contributed by atoms with Gasteiger partial charge < -0.3 is 113 Å². The molecule has 1 fully saturated rings. The van der Waals surface area contributed by atoms with E-state index in [0.717, 1.165) is 0 Å². The minimum absolute atomic E-state index is 0.0183. The van der Waals surface area contributed by atoms with Crippen LogP contribution in [0.2, 0.25) is 0 Å². The van der Waals surface area contributed by atoms with Crippen LogP contribution in [0.4, 0.5) is 0 Å². The SMILES string of the molecule is CSCCC(NC(=O)C(CC(C)C)NC(=O)C(Cc1cnc[nH]1)NC(=O)CNC(=O)C(NC(=O)C(C)NC(=O)C(Cc1c[nH]c2ccccc12)NC(=O)C(CCC(N)=O)NC(=O)C(CC(N)=O)NC(=O)CNC(=O)C(CC(C)C)NC(=O)C(CCCCN)NC(=O)C(CCC(N)=O)NC(=O)C1CCC(=O)N1)C(C)C)C(N)=O. The van der Waals surface area contributed by atoms with Crippen LogP contribution >= 0.6 is 11.8 Å². The number of aromatic nitrogens is 3. The van der Waals surface area contributed by atoms with E-state index in [4.69, 9.17) is 28.7 Å². The molecule has 3 aromatic rings. The predicted octanol–water partition coefficient (Wildman–Crippen LogP) is -5.94. The number of thioether (sulfide) groups is 1. The van der Waals surface area contributed by atoms with Gasteiger partial charge in [-0.15, -0.1) is 0 Å². The molecule has 18 amide bonds. The standard InChI is InChI=1S/C71H110N22O18S/c1-35(2)25-48(90-63(103)44(15-11-12-23-72)87-65(105)46(16-19-53(73)94)88-64(104)45-18-21-56(97)83-45)62(102)79-32-57(98)85-52(29-55(75)96)70(110)89-47(17-20-54(74)95)66(106)92-50(27-39-30-78-42-14-10-9-13-41(39)42)67(107)82-38(7)61(101)93-59(37(5)6)71(111)80-33-58(99)84-51(28-40-31-77-34-81-40)69(109)91-49(26-36(3)4)68(108)86-43(60(76)100)22-24-112-8/h9-10,13-14,30-31,34-38,43-52,59,78H,11-12,15-29,32-33,72H2,1-8H3,(H2,73,94)(H2,74,95)(H2,75,96)(H2,76,100)(H,77,81)(H,79,102)(H,80,111)(H,82,107)(H,83,97)(H,84,99)(H,85,98)(H,86,108)(H,87,105)(H,88,104)(H,89,110)(H,90,103)(H,91,109)(H,92,106)(H,93,101). The average Bonchev–Trinajstić information content (AvgIpc) is 1.66. The number of nitrogens with two attached hydrogens (primary N) is 5. The summed E-state index contributed by atoms with van der Waals surface area (Å²) in [7, 11) is 0. The van der Waals surface area contributed by atoms with Crippen LogP contribution in [-0.2, 0) is 99.1 Å². The first-order chi connectivity index (χ1) is 52.9. The summed E-state index contributed by atoms with van der Waals surface area (Å²) in [6, 6.07) is -9.77. The smallest absolute Gasteiger partial charge is 0.243 e. The summed E-state index contributed by atoms with van der Waals surface area (Å²) in [4.78, 5) is 251. The Morgan fingerprint density at radius 3 is 1.54 bits per heavy atom. The van der Waals surface area contributed by atoms with Crippen LogP contribution in [0.3, 0.4) is 0 Å². The molecule has 0 spiro atoms. The van der Waals surface area contributed by atoms with Crippen molar-refractivity contribution in [1.29, 1.82) is 0 Å². The summed E-state index contributed by atoms with van der Waals surface area (Å²) in [6.07, 6.45) is 4.32. The summed E-state index contributed by atoms with van der Waals surface area (Å²) >= 11 is 1.44. The van der Waals surface area contributed by atoms with Crippen molar-refractivity contribution < 1.29 is 86.3 Å². The molecule has 0 bridgehead atoms. The van der Waals surface area contributed by atoms with Crippen LogP contribution in [0.25, 0.3) is 10.9 Å². The molecule has 2 aromatic heterocycles. The highest BCUT2D eigenvalue weighted by Gasteiger charge is 2.38. The fourth-order valence-corrected chi connectivity index (χ4v) is 12.2. The number of nitrogens with zero attached hydrogens (tertiary/aromatic N) is 1. The van der Waals surface area contributed by atoms with Crippen molar-refractivity contribution in [3.05, 3.63) is 54.2 Å². The van der Waals surface area contributed by atoms with E-state index in [-0.39, 0.29) is 88.5 Å². The van der Waals surface area contributed by atoms with E-state index in [1.54, 1.807) is 58.2 Å². The molecule has 12 unspecified atom stereocenters. The molecular weight excluding hydrogens is 1480 g/mol. The van der Waals surface area contributed by atoms with Crippen LogP contribution < -0.4 is 103 Å². The Labute approximate surface area is 651 Å². The number of aromatic amines is 2. The largest absolute Gasteiger partial charge is 0.370 e. The number of benzene rings is 1. The van der Waals surface area contributed by atoms with Gasteiger partial charge in [-0.1, -0.05) is 59.7 Å². The third-order valence-corrected chi connectivity index (χ3v) is 18.4. The predicted molar refractivity (Wildman–Crippen MR) is 408 cm³/mol. The van der Waals surface area contributed by atoms with Gasteiger partial charge in [-0.05, 0) is 113 Å². The maximum Gasteiger partial charge on any atom is 0.243 e. The molecule has 26 N–H and O–H groups in total.